The number of nitrogens with zero attached hydrogens (tertiary/aromatic N) is 2. The Bertz CT molecular complexity index is 774. The van der Waals surface area contributed by atoms with Crippen LogP contribution in [0.4, 0.5) is 0 Å². The smallest absolute Gasteiger partial charge is 0.246 e. The maximum absolute atomic E-state index is 12.8. The number of hydrogen-bond donors (Lipinski definition) is 2. The van der Waals surface area contributed by atoms with Crippen LogP contribution in [0.15, 0.2) is 40.9 Å². The number of aromatic nitrogens is 1. The molecule has 2 amide bonds. The maximum Gasteiger partial charge on any atom is 0.246 e. The normalized spacial score (nSPS) is 19.5. The number of rotatable bonds is 6. The van der Waals surface area contributed by atoms with Gasteiger partial charge in [0.15, 0.2) is 0 Å². The lowest BCUT2D eigenvalue weighted by Gasteiger charge is -2.36. The third-order valence-electron chi connectivity index (χ3n) is 4.78. The molecule has 138 valence electrons. The lowest BCUT2D eigenvalue weighted by molar-refractivity contribution is -0.144. The molecule has 1 atom stereocenters. The molecule has 0 bridgehead atoms. The average molecular weight is 357 g/mol. The molecule has 1 fully saturated rings. The second-order valence-corrected chi connectivity index (χ2v) is 6.51. The number of benzene rings is 1. The van der Waals surface area contributed by atoms with Crippen molar-refractivity contribution in [1.82, 2.24) is 15.4 Å². The van der Waals surface area contributed by atoms with Crippen molar-refractivity contribution in [3.8, 4) is 11.3 Å². The first kappa shape index (κ1) is 18.1. The molecule has 2 heterocycles. The second kappa shape index (κ2) is 7.70. The first-order chi connectivity index (χ1) is 12.6. The molecular weight excluding hydrogens is 334 g/mol. The van der Waals surface area contributed by atoms with Crippen molar-refractivity contribution >= 4 is 11.8 Å². The third-order valence-corrected chi connectivity index (χ3v) is 4.78. The van der Waals surface area contributed by atoms with Crippen molar-refractivity contribution in [3.05, 3.63) is 42.2 Å². The fourth-order valence-electron chi connectivity index (χ4n) is 3.60. The minimum Gasteiger partial charge on any atom is -0.395 e. The van der Waals surface area contributed by atoms with Crippen LogP contribution in [0.3, 0.4) is 0 Å². The number of carbonyl (C=O) groups is 2. The zero-order chi connectivity index (χ0) is 18.6. The summed E-state index contributed by atoms with van der Waals surface area (Å²) in [5, 5.41) is 15.8. The molecular formula is C19H23N3O4. The Kier molecular flexibility index (Phi) is 5.37. The van der Waals surface area contributed by atoms with Crippen molar-refractivity contribution in [1.29, 1.82) is 0 Å². The van der Waals surface area contributed by atoms with E-state index in [2.05, 4.69) is 10.5 Å². The summed E-state index contributed by atoms with van der Waals surface area (Å²) in [6.45, 7) is 2.00. The first-order valence-electron chi connectivity index (χ1n) is 8.75. The lowest BCUT2D eigenvalue weighted by Crippen LogP contribution is -2.58. The summed E-state index contributed by atoms with van der Waals surface area (Å²) in [5.41, 5.74) is 0.615. The summed E-state index contributed by atoms with van der Waals surface area (Å²) >= 11 is 0. The van der Waals surface area contributed by atoms with Gasteiger partial charge in [-0.05, 0) is 12.8 Å². The Balaban J connectivity index is 1.88. The van der Waals surface area contributed by atoms with Gasteiger partial charge in [0, 0.05) is 38.1 Å². The monoisotopic (exact) mass is 357 g/mol. The van der Waals surface area contributed by atoms with E-state index in [1.807, 2.05) is 36.4 Å². The fourth-order valence-corrected chi connectivity index (χ4v) is 3.60. The zero-order valence-electron chi connectivity index (χ0n) is 14.8. The molecule has 1 aromatic heterocycles. The standard InChI is InChI=1S/C19H23N3O4/c1-14(24)22-10-5-8-19(22,18(25)20-9-11-23)13-16-12-17(21-26-16)15-6-3-2-4-7-15/h2-4,6-7,12,23H,5,8-11,13H2,1H3,(H,20,25)/t19-/m1/s1. The van der Waals surface area contributed by atoms with Crippen LogP contribution >= 0.6 is 0 Å². The van der Waals surface area contributed by atoms with Crippen molar-refractivity contribution in [3.63, 3.8) is 0 Å². The van der Waals surface area contributed by atoms with E-state index in [0.29, 0.717) is 24.4 Å². The van der Waals surface area contributed by atoms with Gasteiger partial charge in [0.05, 0.1) is 6.61 Å². The van der Waals surface area contributed by atoms with Gasteiger partial charge < -0.3 is 19.8 Å². The van der Waals surface area contributed by atoms with Crippen molar-refractivity contribution in [2.75, 3.05) is 19.7 Å². The van der Waals surface area contributed by atoms with E-state index in [1.54, 1.807) is 4.90 Å². The van der Waals surface area contributed by atoms with E-state index in [1.165, 1.54) is 6.92 Å². The highest BCUT2D eigenvalue weighted by atomic mass is 16.5. The van der Waals surface area contributed by atoms with Crippen molar-refractivity contribution in [2.24, 2.45) is 0 Å². The summed E-state index contributed by atoms with van der Waals surface area (Å²) in [7, 11) is 0. The van der Waals surface area contributed by atoms with Crippen molar-refractivity contribution in [2.45, 2.75) is 31.7 Å². The van der Waals surface area contributed by atoms with Crippen LogP contribution in [0.5, 0.6) is 0 Å². The molecule has 0 aliphatic carbocycles. The van der Waals surface area contributed by atoms with Gasteiger partial charge in [-0.2, -0.15) is 0 Å². The molecule has 0 unspecified atom stereocenters. The number of amides is 2. The van der Waals surface area contributed by atoms with Crippen LogP contribution in [0.2, 0.25) is 0 Å². The zero-order valence-corrected chi connectivity index (χ0v) is 14.8. The highest BCUT2D eigenvalue weighted by Gasteiger charge is 2.49. The Morgan fingerprint density at radius 2 is 2.12 bits per heavy atom. The Morgan fingerprint density at radius 3 is 2.81 bits per heavy atom. The molecule has 2 N–H and O–H groups in total. The number of likely N-dealkylation sites (tertiary alicyclic amines) is 1. The van der Waals surface area contributed by atoms with Gasteiger partial charge in [-0.1, -0.05) is 35.5 Å². The van der Waals surface area contributed by atoms with Gasteiger partial charge in [-0.3, -0.25) is 9.59 Å². The SMILES string of the molecule is CC(=O)N1CCC[C@@]1(Cc1cc(-c2ccccc2)no1)C(=O)NCCO. The molecule has 0 radical (unpaired) electrons. The summed E-state index contributed by atoms with van der Waals surface area (Å²) in [4.78, 5) is 26.6. The molecule has 0 spiro atoms. The molecule has 0 saturated carbocycles. The van der Waals surface area contributed by atoms with Crippen molar-refractivity contribution < 1.29 is 19.2 Å². The van der Waals surface area contributed by atoms with E-state index >= 15 is 0 Å². The minimum atomic E-state index is -1.01. The van der Waals surface area contributed by atoms with Gasteiger partial charge in [-0.15, -0.1) is 0 Å². The molecule has 1 aliphatic rings. The largest absolute Gasteiger partial charge is 0.395 e. The molecule has 7 heteroatoms. The van der Waals surface area contributed by atoms with Crippen LogP contribution in [0, 0.1) is 0 Å². The number of aliphatic hydroxyl groups excluding tert-OH is 1. The Labute approximate surface area is 152 Å². The number of aliphatic hydroxyl groups is 1. The quantitative estimate of drug-likeness (QED) is 0.814. The van der Waals surface area contributed by atoms with Crippen LogP contribution in [-0.2, 0) is 16.0 Å². The van der Waals surface area contributed by atoms with E-state index in [-0.39, 0.29) is 31.4 Å². The topological polar surface area (TPSA) is 95.7 Å². The summed E-state index contributed by atoms with van der Waals surface area (Å²) in [5.74, 6) is 0.137. The van der Waals surface area contributed by atoms with Crippen LogP contribution in [0.25, 0.3) is 11.3 Å². The molecule has 1 aromatic carbocycles. The maximum atomic E-state index is 12.8. The molecule has 3 rings (SSSR count). The fraction of sp³-hybridized carbons (Fsp3) is 0.421. The average Bonchev–Trinajstić information content (AvgIpc) is 3.28. The Morgan fingerprint density at radius 1 is 1.35 bits per heavy atom. The highest BCUT2D eigenvalue weighted by Crippen LogP contribution is 2.34. The van der Waals surface area contributed by atoms with Gasteiger partial charge in [0.25, 0.3) is 0 Å². The molecule has 7 nitrogen and oxygen atoms in total. The van der Waals surface area contributed by atoms with Gasteiger partial charge in [0.1, 0.15) is 17.0 Å². The summed E-state index contributed by atoms with van der Waals surface area (Å²) in [6, 6.07) is 11.4. The predicted octanol–water partition coefficient (Wildman–Crippen LogP) is 1.37. The predicted molar refractivity (Wildman–Crippen MR) is 95.1 cm³/mol. The van der Waals surface area contributed by atoms with Crippen LogP contribution in [-0.4, -0.2) is 52.2 Å². The van der Waals surface area contributed by atoms with E-state index in [4.69, 9.17) is 9.63 Å². The molecule has 2 aromatic rings. The molecule has 1 aliphatic heterocycles. The number of hydrogen-bond acceptors (Lipinski definition) is 5. The minimum absolute atomic E-state index is 0.149. The second-order valence-electron chi connectivity index (χ2n) is 6.51. The number of nitrogens with one attached hydrogen (secondary N) is 1. The van der Waals surface area contributed by atoms with Crippen LogP contribution in [0.1, 0.15) is 25.5 Å². The summed E-state index contributed by atoms with van der Waals surface area (Å²) in [6.07, 6.45) is 1.54. The van der Waals surface area contributed by atoms with Gasteiger partial charge >= 0.3 is 0 Å². The highest BCUT2D eigenvalue weighted by molar-refractivity contribution is 5.91. The van der Waals surface area contributed by atoms with E-state index in [0.717, 1.165) is 12.0 Å². The third kappa shape index (κ3) is 3.48. The van der Waals surface area contributed by atoms with E-state index in [9.17, 15) is 9.59 Å². The number of carbonyl (C=O) groups excluding carboxylic acids is 2. The first-order valence-corrected chi connectivity index (χ1v) is 8.75. The summed E-state index contributed by atoms with van der Waals surface area (Å²) < 4.78 is 5.47. The van der Waals surface area contributed by atoms with Crippen LogP contribution < -0.4 is 5.32 Å². The molecule has 26 heavy (non-hydrogen) atoms. The Hall–Kier alpha value is -2.67. The molecule has 1 saturated heterocycles. The van der Waals surface area contributed by atoms with Gasteiger partial charge in [0.2, 0.25) is 11.8 Å². The lowest BCUT2D eigenvalue weighted by atomic mass is 9.89. The van der Waals surface area contributed by atoms with E-state index < -0.39 is 5.54 Å². The van der Waals surface area contributed by atoms with Gasteiger partial charge in [-0.25, -0.2) is 0 Å².